The predicted octanol–water partition coefficient (Wildman–Crippen LogP) is 0.504. The summed E-state index contributed by atoms with van der Waals surface area (Å²) in [5, 5.41) is 3.15. The number of rotatable bonds is 4. The number of benzene rings is 1. The van der Waals surface area contributed by atoms with Gasteiger partial charge in [-0.05, 0) is 37.6 Å². The second kappa shape index (κ2) is 6.34. The molecule has 1 heterocycles. The molecule has 0 saturated carbocycles. The summed E-state index contributed by atoms with van der Waals surface area (Å²) in [5.74, 6) is -0.554. The van der Waals surface area contributed by atoms with Gasteiger partial charge in [-0.2, -0.15) is 0 Å². The van der Waals surface area contributed by atoms with Gasteiger partial charge in [-0.3, -0.25) is 0 Å². The van der Waals surface area contributed by atoms with Crippen molar-refractivity contribution in [2.45, 2.75) is 23.8 Å². The number of carbonyl (C=O) groups excluding carboxylic acids is 1. The fourth-order valence-corrected chi connectivity index (χ4v) is 3.46. The molecular formula is C13H18N2O4S. The smallest absolute Gasteiger partial charge is 0.337 e. The fourth-order valence-electron chi connectivity index (χ4n) is 2.15. The molecule has 1 aromatic rings. The lowest BCUT2D eigenvalue weighted by atomic mass is 10.1. The van der Waals surface area contributed by atoms with Gasteiger partial charge in [-0.15, -0.1) is 0 Å². The summed E-state index contributed by atoms with van der Waals surface area (Å²) in [6.45, 7) is 1.53. The quantitative estimate of drug-likeness (QED) is 0.791. The first kappa shape index (κ1) is 15.0. The minimum absolute atomic E-state index is 0.0750. The first-order chi connectivity index (χ1) is 9.53. The van der Waals surface area contributed by atoms with Crippen molar-refractivity contribution < 1.29 is 17.9 Å². The zero-order valence-corrected chi connectivity index (χ0v) is 12.1. The van der Waals surface area contributed by atoms with Crippen molar-refractivity contribution in [3.63, 3.8) is 0 Å². The van der Waals surface area contributed by atoms with E-state index in [1.54, 1.807) is 0 Å². The van der Waals surface area contributed by atoms with E-state index in [1.165, 1.54) is 31.4 Å². The third-order valence-electron chi connectivity index (χ3n) is 3.18. The minimum Gasteiger partial charge on any atom is -0.465 e. The van der Waals surface area contributed by atoms with Crippen LogP contribution in [-0.4, -0.2) is 40.6 Å². The van der Waals surface area contributed by atoms with E-state index in [0.29, 0.717) is 6.54 Å². The summed E-state index contributed by atoms with van der Waals surface area (Å²) in [6.07, 6.45) is 1.75. The molecule has 2 N–H and O–H groups in total. The molecule has 1 fully saturated rings. The van der Waals surface area contributed by atoms with Crippen molar-refractivity contribution in [2.75, 3.05) is 20.2 Å². The molecule has 1 aliphatic rings. The van der Waals surface area contributed by atoms with Crippen LogP contribution in [0.15, 0.2) is 29.2 Å². The van der Waals surface area contributed by atoms with Crippen LogP contribution in [0.2, 0.25) is 0 Å². The number of carbonyl (C=O) groups is 1. The molecule has 1 unspecified atom stereocenters. The van der Waals surface area contributed by atoms with E-state index in [-0.39, 0.29) is 16.5 Å². The lowest BCUT2D eigenvalue weighted by Crippen LogP contribution is -2.45. The van der Waals surface area contributed by atoms with Gasteiger partial charge >= 0.3 is 5.97 Å². The van der Waals surface area contributed by atoms with E-state index in [2.05, 4.69) is 14.8 Å². The van der Waals surface area contributed by atoms with E-state index < -0.39 is 16.0 Å². The van der Waals surface area contributed by atoms with Crippen LogP contribution in [0.25, 0.3) is 0 Å². The number of hydrogen-bond donors (Lipinski definition) is 2. The highest BCUT2D eigenvalue weighted by Crippen LogP contribution is 2.14. The van der Waals surface area contributed by atoms with Crippen LogP contribution < -0.4 is 10.0 Å². The third kappa shape index (κ3) is 3.56. The molecule has 0 aliphatic carbocycles. The Hall–Kier alpha value is -1.44. The molecule has 0 bridgehead atoms. The Morgan fingerprint density at radius 1 is 1.45 bits per heavy atom. The Kier molecular flexibility index (Phi) is 4.74. The van der Waals surface area contributed by atoms with Gasteiger partial charge in [0, 0.05) is 12.6 Å². The fraction of sp³-hybridized carbons (Fsp3) is 0.462. The summed E-state index contributed by atoms with van der Waals surface area (Å²) in [6, 6.07) is 5.72. The Balaban J connectivity index is 2.18. The molecule has 0 radical (unpaired) electrons. The Morgan fingerprint density at radius 2 is 2.25 bits per heavy atom. The zero-order valence-electron chi connectivity index (χ0n) is 11.3. The maximum absolute atomic E-state index is 12.3. The van der Waals surface area contributed by atoms with Gasteiger partial charge in [0.15, 0.2) is 0 Å². The maximum Gasteiger partial charge on any atom is 0.337 e. The number of methoxy groups -OCH3 is 1. The van der Waals surface area contributed by atoms with Crippen LogP contribution in [0.4, 0.5) is 0 Å². The highest BCUT2D eigenvalue weighted by atomic mass is 32.2. The average Bonchev–Trinajstić information content (AvgIpc) is 2.47. The summed E-state index contributed by atoms with van der Waals surface area (Å²) in [7, 11) is -2.36. The molecule has 1 aliphatic heterocycles. The van der Waals surface area contributed by atoms with E-state index in [4.69, 9.17) is 0 Å². The van der Waals surface area contributed by atoms with Gasteiger partial charge in [0.25, 0.3) is 0 Å². The van der Waals surface area contributed by atoms with Gasteiger partial charge in [0.2, 0.25) is 10.0 Å². The Bertz CT molecular complexity index is 580. The highest BCUT2D eigenvalue weighted by molar-refractivity contribution is 7.89. The van der Waals surface area contributed by atoms with E-state index in [9.17, 15) is 13.2 Å². The molecule has 0 aromatic heterocycles. The molecule has 7 heteroatoms. The van der Waals surface area contributed by atoms with Crippen molar-refractivity contribution in [1.82, 2.24) is 10.0 Å². The molecule has 1 saturated heterocycles. The van der Waals surface area contributed by atoms with Crippen molar-refractivity contribution >= 4 is 16.0 Å². The van der Waals surface area contributed by atoms with Gasteiger partial charge in [-0.1, -0.05) is 6.07 Å². The second-order valence-electron chi connectivity index (χ2n) is 4.68. The highest BCUT2D eigenvalue weighted by Gasteiger charge is 2.22. The van der Waals surface area contributed by atoms with Crippen LogP contribution >= 0.6 is 0 Å². The van der Waals surface area contributed by atoms with Crippen molar-refractivity contribution in [3.8, 4) is 0 Å². The Morgan fingerprint density at radius 3 is 2.90 bits per heavy atom. The number of sulfonamides is 1. The molecule has 2 rings (SSSR count). The molecule has 110 valence electrons. The molecular weight excluding hydrogens is 280 g/mol. The topological polar surface area (TPSA) is 84.5 Å². The molecule has 20 heavy (non-hydrogen) atoms. The van der Waals surface area contributed by atoms with Crippen LogP contribution in [0, 0.1) is 0 Å². The molecule has 6 nitrogen and oxygen atoms in total. The summed E-state index contributed by atoms with van der Waals surface area (Å²) >= 11 is 0. The van der Waals surface area contributed by atoms with Crippen molar-refractivity contribution in [1.29, 1.82) is 0 Å². The van der Waals surface area contributed by atoms with Crippen molar-refractivity contribution in [3.05, 3.63) is 29.8 Å². The Labute approximate surface area is 118 Å². The SMILES string of the molecule is COC(=O)c1cccc(S(=O)(=O)NC2CCCNC2)c1. The standard InChI is InChI=1S/C13H18N2O4S/c1-19-13(16)10-4-2-6-12(8-10)20(17,18)15-11-5-3-7-14-9-11/h2,4,6,8,11,14-15H,3,5,7,9H2,1H3. The van der Waals surface area contributed by atoms with E-state index in [0.717, 1.165) is 19.4 Å². The normalized spacial score (nSPS) is 19.6. The summed E-state index contributed by atoms with van der Waals surface area (Å²) < 4.78 is 31.8. The molecule has 1 atom stereocenters. The third-order valence-corrected chi connectivity index (χ3v) is 4.70. The van der Waals surface area contributed by atoms with Crippen LogP contribution in [0.5, 0.6) is 0 Å². The first-order valence-corrected chi connectivity index (χ1v) is 7.92. The maximum atomic E-state index is 12.3. The average molecular weight is 298 g/mol. The van der Waals surface area contributed by atoms with Gasteiger partial charge < -0.3 is 10.1 Å². The van der Waals surface area contributed by atoms with Crippen LogP contribution in [0.1, 0.15) is 23.2 Å². The number of piperidine rings is 1. The minimum atomic E-state index is -3.62. The van der Waals surface area contributed by atoms with Crippen molar-refractivity contribution in [2.24, 2.45) is 0 Å². The van der Waals surface area contributed by atoms with E-state index in [1.807, 2.05) is 0 Å². The van der Waals surface area contributed by atoms with Crippen LogP contribution in [-0.2, 0) is 14.8 Å². The number of ether oxygens (including phenoxy) is 1. The second-order valence-corrected chi connectivity index (χ2v) is 6.40. The predicted molar refractivity (Wildman–Crippen MR) is 74.0 cm³/mol. The van der Waals surface area contributed by atoms with Gasteiger partial charge in [0.1, 0.15) is 0 Å². The number of esters is 1. The number of hydrogen-bond acceptors (Lipinski definition) is 5. The first-order valence-electron chi connectivity index (χ1n) is 6.44. The zero-order chi connectivity index (χ0) is 14.6. The van der Waals surface area contributed by atoms with Gasteiger partial charge in [0.05, 0.1) is 17.6 Å². The monoisotopic (exact) mass is 298 g/mol. The summed E-state index contributed by atoms with van der Waals surface area (Å²) in [4.78, 5) is 11.5. The van der Waals surface area contributed by atoms with Crippen LogP contribution in [0.3, 0.4) is 0 Å². The van der Waals surface area contributed by atoms with E-state index >= 15 is 0 Å². The molecule has 1 aromatic carbocycles. The molecule has 0 amide bonds. The van der Waals surface area contributed by atoms with Gasteiger partial charge in [-0.25, -0.2) is 17.9 Å². The molecule has 0 spiro atoms. The largest absolute Gasteiger partial charge is 0.465 e. The lowest BCUT2D eigenvalue weighted by Gasteiger charge is -2.23. The summed E-state index contributed by atoms with van der Waals surface area (Å²) in [5.41, 5.74) is 0.220. The number of nitrogens with one attached hydrogen (secondary N) is 2. The lowest BCUT2D eigenvalue weighted by molar-refractivity contribution is 0.0600.